The van der Waals surface area contributed by atoms with Gasteiger partial charge in [-0.1, -0.05) is 45.4 Å². The van der Waals surface area contributed by atoms with Crippen molar-refractivity contribution in [3.63, 3.8) is 0 Å². The number of carbonyl (C=O) groups is 1. The molecular formula is C14H21F6O5S-. The van der Waals surface area contributed by atoms with Crippen LogP contribution in [-0.4, -0.2) is 42.6 Å². The highest BCUT2D eigenvalue weighted by Gasteiger charge is 2.75. The Labute approximate surface area is 147 Å². The number of hydrogen-bond acceptors (Lipinski definition) is 5. The van der Waals surface area contributed by atoms with Crippen molar-refractivity contribution in [3.05, 3.63) is 0 Å². The zero-order valence-electron chi connectivity index (χ0n) is 14.1. The number of esters is 1. The summed E-state index contributed by atoms with van der Waals surface area (Å²) in [5, 5.41) is 0. The van der Waals surface area contributed by atoms with Crippen molar-refractivity contribution in [2.24, 2.45) is 0 Å². The van der Waals surface area contributed by atoms with Crippen molar-refractivity contribution in [1.29, 1.82) is 0 Å². The predicted octanol–water partition coefficient (Wildman–Crippen LogP) is 4.08. The molecule has 0 aromatic heterocycles. The number of alkyl halides is 6. The van der Waals surface area contributed by atoms with E-state index in [1.165, 1.54) is 0 Å². The summed E-state index contributed by atoms with van der Waals surface area (Å²) in [6.07, 6.45) is -8.65. The molecule has 0 aromatic rings. The number of unbranched alkanes of at least 4 members (excludes halogenated alkanes) is 6. The number of carbonyl (C=O) groups excluding carboxylic acids is 1. The van der Waals surface area contributed by atoms with Gasteiger partial charge in [0.1, 0.15) is 0 Å². The van der Waals surface area contributed by atoms with Crippen LogP contribution in [0.15, 0.2) is 0 Å². The third kappa shape index (κ3) is 8.11. The second-order valence-electron chi connectivity index (χ2n) is 5.87. The molecule has 0 atom stereocenters. The van der Waals surface area contributed by atoms with Crippen LogP contribution in [0.2, 0.25) is 0 Å². The quantitative estimate of drug-likeness (QED) is 0.220. The van der Waals surface area contributed by atoms with Crippen molar-refractivity contribution in [1.82, 2.24) is 0 Å². The normalized spacial score (nSPS) is 13.7. The van der Waals surface area contributed by atoms with Gasteiger partial charge in [-0.05, 0) is 6.42 Å². The smallest absolute Gasteiger partial charge is 0.438 e. The molecule has 0 amide bonds. The van der Waals surface area contributed by atoms with Crippen LogP contribution in [0, 0.1) is 0 Å². The first-order valence-corrected chi connectivity index (χ1v) is 9.53. The fourth-order valence-corrected chi connectivity index (χ4v) is 3.07. The van der Waals surface area contributed by atoms with E-state index in [4.69, 9.17) is 0 Å². The molecule has 0 aromatic carbocycles. The summed E-state index contributed by atoms with van der Waals surface area (Å²) >= 11 is 0. The number of halogens is 6. The van der Waals surface area contributed by atoms with Crippen LogP contribution in [0.5, 0.6) is 0 Å². The second kappa shape index (κ2) is 9.77. The monoisotopic (exact) mass is 415 g/mol. The minimum absolute atomic E-state index is 0.0130. The largest absolute Gasteiger partial charge is 0.748 e. The maximum absolute atomic E-state index is 12.9. The van der Waals surface area contributed by atoms with E-state index in [0.29, 0.717) is 12.8 Å². The van der Waals surface area contributed by atoms with Gasteiger partial charge in [-0.2, -0.15) is 26.3 Å². The molecule has 0 aliphatic rings. The molecule has 0 unspecified atom stereocenters. The van der Waals surface area contributed by atoms with Crippen molar-refractivity contribution in [3.8, 4) is 0 Å². The molecule has 0 saturated heterocycles. The maximum Gasteiger partial charge on any atom is 0.438 e. The van der Waals surface area contributed by atoms with Crippen LogP contribution in [0.4, 0.5) is 26.3 Å². The van der Waals surface area contributed by atoms with Gasteiger partial charge in [0.15, 0.2) is 0 Å². The van der Waals surface area contributed by atoms with Gasteiger partial charge in [-0.15, -0.1) is 0 Å². The van der Waals surface area contributed by atoms with Gasteiger partial charge in [0.25, 0.3) is 0 Å². The Morgan fingerprint density at radius 1 is 0.885 bits per heavy atom. The molecule has 26 heavy (non-hydrogen) atoms. The lowest BCUT2D eigenvalue weighted by Crippen LogP contribution is -2.63. The highest BCUT2D eigenvalue weighted by Crippen LogP contribution is 2.47. The van der Waals surface area contributed by atoms with E-state index in [0.717, 1.165) is 25.7 Å². The molecule has 0 bridgehead atoms. The molecular weight excluding hydrogens is 394 g/mol. The van der Waals surface area contributed by atoms with Crippen molar-refractivity contribution in [2.45, 2.75) is 76.2 Å². The SMILES string of the molecule is CCCCCCCCCC(=O)OC(CS(=O)(=O)[O-])(C(F)(F)F)C(F)(F)F. The van der Waals surface area contributed by atoms with E-state index in [9.17, 15) is 44.1 Å². The van der Waals surface area contributed by atoms with Crippen LogP contribution in [0.1, 0.15) is 58.3 Å². The third-order valence-corrected chi connectivity index (χ3v) is 4.33. The molecule has 0 heterocycles. The Morgan fingerprint density at radius 3 is 1.69 bits per heavy atom. The van der Waals surface area contributed by atoms with Crippen molar-refractivity contribution >= 4 is 16.1 Å². The van der Waals surface area contributed by atoms with E-state index in [-0.39, 0.29) is 6.42 Å². The van der Waals surface area contributed by atoms with Crippen molar-refractivity contribution < 1.29 is 48.8 Å². The molecule has 0 radical (unpaired) electrons. The van der Waals surface area contributed by atoms with Gasteiger partial charge >= 0.3 is 23.9 Å². The van der Waals surface area contributed by atoms with Crippen LogP contribution < -0.4 is 0 Å². The Bertz CT molecular complexity index is 527. The van der Waals surface area contributed by atoms with Crippen molar-refractivity contribution in [2.75, 3.05) is 5.75 Å². The third-order valence-electron chi connectivity index (χ3n) is 3.57. The highest BCUT2D eigenvalue weighted by atomic mass is 32.2. The van der Waals surface area contributed by atoms with Gasteiger partial charge in [0.2, 0.25) is 0 Å². The van der Waals surface area contributed by atoms with E-state index in [2.05, 4.69) is 4.74 Å². The van der Waals surface area contributed by atoms with Crippen LogP contribution in [-0.2, 0) is 19.6 Å². The van der Waals surface area contributed by atoms with Crippen LogP contribution >= 0.6 is 0 Å². The maximum atomic E-state index is 12.9. The highest BCUT2D eigenvalue weighted by molar-refractivity contribution is 7.85. The molecule has 0 aliphatic carbocycles. The van der Waals surface area contributed by atoms with Gasteiger partial charge < -0.3 is 9.29 Å². The first-order chi connectivity index (χ1) is 11.7. The van der Waals surface area contributed by atoms with E-state index in [1.807, 2.05) is 6.92 Å². The Morgan fingerprint density at radius 2 is 1.31 bits per heavy atom. The fourth-order valence-electron chi connectivity index (χ4n) is 2.19. The predicted molar refractivity (Wildman–Crippen MR) is 78.1 cm³/mol. The summed E-state index contributed by atoms with van der Waals surface area (Å²) in [4.78, 5) is 11.5. The lowest BCUT2D eigenvalue weighted by molar-refractivity contribution is -0.361. The zero-order chi connectivity index (χ0) is 20.6. The molecule has 0 fully saturated rings. The fraction of sp³-hybridized carbons (Fsp3) is 0.929. The zero-order valence-corrected chi connectivity index (χ0v) is 14.9. The van der Waals surface area contributed by atoms with Gasteiger partial charge in [-0.25, -0.2) is 8.42 Å². The topological polar surface area (TPSA) is 83.5 Å². The van der Waals surface area contributed by atoms with E-state index in [1.54, 1.807) is 0 Å². The summed E-state index contributed by atoms with van der Waals surface area (Å²) in [6, 6.07) is 0. The summed E-state index contributed by atoms with van der Waals surface area (Å²) in [5.74, 6) is -4.83. The Hall–Kier alpha value is -1.04. The van der Waals surface area contributed by atoms with Crippen LogP contribution in [0.25, 0.3) is 0 Å². The van der Waals surface area contributed by atoms with Crippen LogP contribution in [0.3, 0.4) is 0 Å². The van der Waals surface area contributed by atoms with Gasteiger partial charge in [0, 0.05) is 6.42 Å². The summed E-state index contributed by atoms with van der Waals surface area (Å²) in [5.41, 5.74) is -5.38. The minimum Gasteiger partial charge on any atom is -0.748 e. The Kier molecular flexibility index (Phi) is 9.38. The first-order valence-electron chi connectivity index (χ1n) is 7.95. The minimum atomic E-state index is -6.32. The lowest BCUT2D eigenvalue weighted by atomic mass is 10.0. The summed E-state index contributed by atoms with van der Waals surface area (Å²) in [7, 11) is -6.00. The number of rotatable bonds is 11. The molecule has 0 spiro atoms. The standard InChI is InChI=1S/C14H22F6O5S/c1-2-3-4-5-6-7-8-9-11(21)25-12(13(15,16)17,14(18,19)20)10-26(22,23)24/h2-10H2,1H3,(H,22,23,24)/p-1. The number of hydrogen-bond donors (Lipinski definition) is 0. The molecule has 0 aliphatic heterocycles. The average molecular weight is 415 g/mol. The van der Waals surface area contributed by atoms with E-state index >= 15 is 0 Å². The summed E-state index contributed by atoms with van der Waals surface area (Å²) < 4.78 is 113. The van der Waals surface area contributed by atoms with Gasteiger partial charge in [-0.3, -0.25) is 4.79 Å². The van der Waals surface area contributed by atoms with Gasteiger partial charge in [0.05, 0.1) is 15.9 Å². The average Bonchev–Trinajstić information content (AvgIpc) is 2.41. The summed E-state index contributed by atoms with van der Waals surface area (Å²) in [6.45, 7) is 1.99. The van der Waals surface area contributed by atoms with E-state index < -0.39 is 46.2 Å². The lowest BCUT2D eigenvalue weighted by Gasteiger charge is -2.36. The second-order valence-corrected chi connectivity index (χ2v) is 7.27. The molecule has 0 rings (SSSR count). The molecule has 0 N–H and O–H groups in total. The molecule has 156 valence electrons. The molecule has 5 nitrogen and oxygen atoms in total. The number of ether oxygens (including phenoxy) is 1. The molecule has 12 heteroatoms. The Balaban J connectivity index is 5.01. The first kappa shape index (κ1) is 25.0. The molecule has 0 saturated carbocycles.